The quantitative estimate of drug-likeness (QED) is 0.633. The first-order valence-electron chi connectivity index (χ1n) is 3.51. The van der Waals surface area contributed by atoms with Gasteiger partial charge in [0.2, 0.25) is 0 Å². The molecule has 0 rings (SSSR count). The second kappa shape index (κ2) is 11.3. The molecule has 0 saturated carbocycles. The van der Waals surface area contributed by atoms with Crippen molar-refractivity contribution in [2.24, 2.45) is 0 Å². The third kappa shape index (κ3) is 26.1. The van der Waals surface area contributed by atoms with Crippen LogP contribution in [0.1, 0.15) is 33.1 Å². The van der Waals surface area contributed by atoms with Crippen LogP contribution in [0.25, 0.3) is 0 Å². The van der Waals surface area contributed by atoms with E-state index in [0.717, 1.165) is 0 Å². The van der Waals surface area contributed by atoms with Crippen molar-refractivity contribution >= 4 is 5.97 Å². The Morgan fingerprint density at radius 3 is 1.90 bits per heavy atom. The molecule has 0 fully saturated rings. The molecule has 0 bridgehead atoms. The molecule has 3 heteroatoms. The lowest BCUT2D eigenvalue weighted by atomic mass is 10.3. The van der Waals surface area contributed by atoms with Crippen LogP contribution in [0.2, 0.25) is 0 Å². The number of aliphatic carboxylic acids is 1. The normalized spacial score (nSPS) is 7.90. The zero-order chi connectivity index (χ0) is 8.41. The molecule has 0 aliphatic carbocycles. The predicted octanol–water partition coefficient (Wildman–Crippen LogP) is 1.26. The standard InChI is InChI=1S/C4H8O3.C3H8/c5-3-1-2-4(6)7;1-3-2/h5H,1-3H2,(H,6,7);3H2,1-2H3. The highest BCUT2D eigenvalue weighted by Gasteiger charge is 1.91. The molecule has 0 atom stereocenters. The maximum atomic E-state index is 9.65. The van der Waals surface area contributed by atoms with E-state index in [1.807, 2.05) is 0 Å². The van der Waals surface area contributed by atoms with Crippen molar-refractivity contribution in [2.75, 3.05) is 6.61 Å². The van der Waals surface area contributed by atoms with Gasteiger partial charge in [0.25, 0.3) is 0 Å². The fourth-order valence-corrected chi connectivity index (χ4v) is 0.230. The Morgan fingerprint density at radius 2 is 1.80 bits per heavy atom. The maximum Gasteiger partial charge on any atom is 0.303 e. The largest absolute Gasteiger partial charge is 0.481 e. The van der Waals surface area contributed by atoms with Gasteiger partial charge in [-0.05, 0) is 6.42 Å². The van der Waals surface area contributed by atoms with E-state index in [1.54, 1.807) is 0 Å². The van der Waals surface area contributed by atoms with Gasteiger partial charge in [0.1, 0.15) is 0 Å². The van der Waals surface area contributed by atoms with E-state index in [9.17, 15) is 4.79 Å². The minimum absolute atomic E-state index is 0.0354. The molecule has 0 unspecified atom stereocenters. The summed E-state index contributed by atoms with van der Waals surface area (Å²) in [6, 6.07) is 0. The highest BCUT2D eigenvalue weighted by molar-refractivity contribution is 5.66. The highest BCUT2D eigenvalue weighted by Crippen LogP contribution is 1.83. The van der Waals surface area contributed by atoms with Gasteiger partial charge >= 0.3 is 5.97 Å². The zero-order valence-corrected chi connectivity index (χ0v) is 6.63. The lowest BCUT2D eigenvalue weighted by Crippen LogP contribution is -1.95. The van der Waals surface area contributed by atoms with Gasteiger partial charge in [0.15, 0.2) is 0 Å². The van der Waals surface area contributed by atoms with Crippen molar-refractivity contribution in [3.8, 4) is 0 Å². The Balaban J connectivity index is 0. The van der Waals surface area contributed by atoms with Gasteiger partial charge in [-0.1, -0.05) is 20.3 Å². The van der Waals surface area contributed by atoms with Crippen molar-refractivity contribution in [2.45, 2.75) is 33.1 Å². The first kappa shape index (κ1) is 12.1. The van der Waals surface area contributed by atoms with Crippen molar-refractivity contribution in [3.05, 3.63) is 0 Å². The molecule has 62 valence electrons. The first-order valence-corrected chi connectivity index (χ1v) is 3.51. The van der Waals surface area contributed by atoms with E-state index in [1.165, 1.54) is 6.42 Å². The second-order valence-corrected chi connectivity index (χ2v) is 1.93. The average Bonchev–Trinajstić information content (AvgIpc) is 1.85. The van der Waals surface area contributed by atoms with Crippen molar-refractivity contribution in [1.29, 1.82) is 0 Å². The van der Waals surface area contributed by atoms with E-state index in [0.29, 0.717) is 6.42 Å². The van der Waals surface area contributed by atoms with Gasteiger partial charge in [0, 0.05) is 13.0 Å². The molecule has 0 aromatic rings. The summed E-state index contributed by atoms with van der Waals surface area (Å²) in [7, 11) is 0. The van der Waals surface area contributed by atoms with Crippen LogP contribution in [0, 0.1) is 0 Å². The van der Waals surface area contributed by atoms with Crippen LogP contribution in [0.15, 0.2) is 0 Å². The Hall–Kier alpha value is -0.570. The first-order chi connectivity index (χ1) is 4.68. The van der Waals surface area contributed by atoms with Crippen LogP contribution in [0.4, 0.5) is 0 Å². The summed E-state index contributed by atoms with van der Waals surface area (Å²) in [4.78, 5) is 9.65. The maximum absolute atomic E-state index is 9.65. The lowest BCUT2D eigenvalue weighted by Gasteiger charge is -1.85. The fourth-order valence-electron chi connectivity index (χ4n) is 0.230. The van der Waals surface area contributed by atoms with Gasteiger partial charge in [-0.25, -0.2) is 0 Å². The van der Waals surface area contributed by atoms with Crippen LogP contribution in [0.3, 0.4) is 0 Å². The van der Waals surface area contributed by atoms with E-state index in [2.05, 4.69) is 13.8 Å². The molecule has 0 spiro atoms. The van der Waals surface area contributed by atoms with E-state index in [-0.39, 0.29) is 13.0 Å². The van der Waals surface area contributed by atoms with Gasteiger partial charge in [-0.15, -0.1) is 0 Å². The average molecular weight is 148 g/mol. The summed E-state index contributed by atoms with van der Waals surface area (Å²) >= 11 is 0. The molecule has 0 aromatic heterocycles. The number of carbonyl (C=O) groups is 1. The van der Waals surface area contributed by atoms with Crippen molar-refractivity contribution in [1.82, 2.24) is 0 Å². The third-order valence-corrected chi connectivity index (χ3v) is 0.549. The van der Waals surface area contributed by atoms with Crippen LogP contribution in [0.5, 0.6) is 0 Å². The van der Waals surface area contributed by atoms with Crippen LogP contribution >= 0.6 is 0 Å². The van der Waals surface area contributed by atoms with E-state index in [4.69, 9.17) is 10.2 Å². The highest BCUT2D eigenvalue weighted by atomic mass is 16.4. The number of hydrogen-bond acceptors (Lipinski definition) is 2. The number of carboxylic acids is 1. The summed E-state index contributed by atoms with van der Waals surface area (Å²) < 4.78 is 0. The van der Waals surface area contributed by atoms with Gasteiger partial charge in [-0.3, -0.25) is 4.79 Å². The number of rotatable bonds is 3. The fraction of sp³-hybridized carbons (Fsp3) is 0.857. The second-order valence-electron chi connectivity index (χ2n) is 1.93. The summed E-state index contributed by atoms with van der Waals surface area (Å²) in [6.07, 6.45) is 1.67. The number of aliphatic hydroxyl groups is 1. The zero-order valence-electron chi connectivity index (χ0n) is 6.63. The molecule has 0 aliphatic rings. The molecule has 2 N–H and O–H groups in total. The van der Waals surface area contributed by atoms with Crippen LogP contribution in [-0.2, 0) is 4.79 Å². The molecule has 0 amide bonds. The molecule has 3 nitrogen and oxygen atoms in total. The SMILES string of the molecule is CCC.O=C(O)CCCO. The monoisotopic (exact) mass is 148 g/mol. The Labute approximate surface area is 61.7 Å². The van der Waals surface area contributed by atoms with Gasteiger partial charge < -0.3 is 10.2 Å². The van der Waals surface area contributed by atoms with Crippen molar-refractivity contribution < 1.29 is 15.0 Å². The minimum Gasteiger partial charge on any atom is -0.481 e. The van der Waals surface area contributed by atoms with Gasteiger partial charge in [0.05, 0.1) is 0 Å². The Kier molecular flexibility index (Phi) is 13.7. The summed E-state index contributed by atoms with van der Waals surface area (Å²) in [5.74, 6) is -0.853. The molecule has 0 heterocycles. The minimum atomic E-state index is -0.853. The molecular formula is C7H16O3. The molecule has 10 heavy (non-hydrogen) atoms. The topological polar surface area (TPSA) is 57.5 Å². The molecule has 0 aliphatic heterocycles. The van der Waals surface area contributed by atoms with E-state index >= 15 is 0 Å². The molecular weight excluding hydrogens is 132 g/mol. The smallest absolute Gasteiger partial charge is 0.303 e. The van der Waals surface area contributed by atoms with Gasteiger partial charge in [-0.2, -0.15) is 0 Å². The predicted molar refractivity (Wildman–Crippen MR) is 39.9 cm³/mol. The number of carboxylic acid groups (broad SMARTS) is 1. The van der Waals surface area contributed by atoms with Crippen molar-refractivity contribution in [3.63, 3.8) is 0 Å². The lowest BCUT2D eigenvalue weighted by molar-refractivity contribution is -0.137. The number of hydrogen-bond donors (Lipinski definition) is 2. The third-order valence-electron chi connectivity index (χ3n) is 0.549. The molecule has 0 aromatic carbocycles. The molecule has 0 saturated heterocycles. The molecule has 0 radical (unpaired) electrons. The summed E-state index contributed by atoms with van der Waals surface area (Å²) in [6.45, 7) is 4.21. The number of aliphatic hydroxyl groups excluding tert-OH is 1. The summed E-state index contributed by atoms with van der Waals surface area (Å²) in [5, 5.41) is 16.0. The van der Waals surface area contributed by atoms with E-state index < -0.39 is 5.97 Å². The Morgan fingerprint density at radius 1 is 1.40 bits per heavy atom. The summed E-state index contributed by atoms with van der Waals surface area (Å²) in [5.41, 5.74) is 0. The Bertz CT molecular complexity index is 71.3. The van der Waals surface area contributed by atoms with Crippen LogP contribution in [-0.4, -0.2) is 22.8 Å². The van der Waals surface area contributed by atoms with Crippen LogP contribution < -0.4 is 0 Å².